The maximum Gasteiger partial charge on any atom is 0.257 e. The average Bonchev–Trinajstić information content (AvgIpc) is 2.37. The van der Waals surface area contributed by atoms with E-state index >= 15 is 0 Å². The van der Waals surface area contributed by atoms with Crippen LogP contribution in [0, 0.1) is 18.6 Å². The number of anilines is 1. The van der Waals surface area contributed by atoms with Gasteiger partial charge in [0.15, 0.2) is 11.6 Å². The summed E-state index contributed by atoms with van der Waals surface area (Å²) in [6.07, 6.45) is 0. The van der Waals surface area contributed by atoms with E-state index < -0.39 is 17.5 Å². The van der Waals surface area contributed by atoms with E-state index in [0.717, 1.165) is 22.2 Å². The molecular formula is C14H9BrClF2NO. The third-order valence-electron chi connectivity index (χ3n) is 2.69. The van der Waals surface area contributed by atoms with E-state index in [1.54, 1.807) is 12.1 Å². The smallest absolute Gasteiger partial charge is 0.257 e. The van der Waals surface area contributed by atoms with Crippen LogP contribution in [0.2, 0.25) is 5.02 Å². The fraction of sp³-hybridized carbons (Fsp3) is 0.0714. The molecule has 0 atom stereocenters. The first-order valence-electron chi connectivity index (χ1n) is 5.60. The van der Waals surface area contributed by atoms with Crippen LogP contribution < -0.4 is 5.32 Å². The molecule has 0 fully saturated rings. The Morgan fingerprint density at radius 2 is 1.85 bits per heavy atom. The van der Waals surface area contributed by atoms with Gasteiger partial charge in [-0.2, -0.15) is 0 Å². The van der Waals surface area contributed by atoms with Crippen LogP contribution in [0.5, 0.6) is 0 Å². The molecule has 0 saturated heterocycles. The van der Waals surface area contributed by atoms with Crippen molar-refractivity contribution in [2.45, 2.75) is 6.92 Å². The minimum Gasteiger partial charge on any atom is -0.322 e. The largest absolute Gasteiger partial charge is 0.322 e. The van der Waals surface area contributed by atoms with Gasteiger partial charge >= 0.3 is 0 Å². The molecule has 0 aliphatic heterocycles. The minimum atomic E-state index is -1.12. The molecule has 20 heavy (non-hydrogen) atoms. The van der Waals surface area contributed by atoms with Crippen molar-refractivity contribution in [3.8, 4) is 0 Å². The van der Waals surface area contributed by atoms with Crippen molar-refractivity contribution in [2.24, 2.45) is 0 Å². The summed E-state index contributed by atoms with van der Waals surface area (Å²) >= 11 is 9.06. The van der Waals surface area contributed by atoms with Gasteiger partial charge in [-0.1, -0.05) is 27.5 Å². The third-order valence-corrected chi connectivity index (χ3v) is 3.50. The highest BCUT2D eigenvalue weighted by Crippen LogP contribution is 2.24. The zero-order valence-corrected chi connectivity index (χ0v) is 12.6. The number of rotatable bonds is 2. The minimum absolute atomic E-state index is 0.118. The van der Waals surface area contributed by atoms with Crippen molar-refractivity contribution >= 4 is 39.1 Å². The third kappa shape index (κ3) is 3.16. The van der Waals surface area contributed by atoms with E-state index in [0.29, 0.717) is 5.69 Å². The summed E-state index contributed by atoms with van der Waals surface area (Å²) in [7, 11) is 0. The van der Waals surface area contributed by atoms with Gasteiger partial charge in [0, 0.05) is 10.2 Å². The number of nitrogens with one attached hydrogen (secondary N) is 1. The Morgan fingerprint density at radius 1 is 1.20 bits per heavy atom. The average molecular weight is 361 g/mol. The van der Waals surface area contributed by atoms with Gasteiger partial charge in [-0.15, -0.1) is 0 Å². The molecule has 1 N–H and O–H groups in total. The molecule has 2 aromatic carbocycles. The summed E-state index contributed by atoms with van der Waals surface area (Å²) in [4.78, 5) is 12.0. The highest BCUT2D eigenvalue weighted by molar-refractivity contribution is 9.10. The molecule has 2 aromatic rings. The Labute approximate surface area is 127 Å². The van der Waals surface area contributed by atoms with Gasteiger partial charge in [0.25, 0.3) is 5.91 Å². The monoisotopic (exact) mass is 359 g/mol. The molecule has 2 nitrogen and oxygen atoms in total. The lowest BCUT2D eigenvalue weighted by Gasteiger charge is -2.10. The second kappa shape index (κ2) is 5.89. The van der Waals surface area contributed by atoms with Crippen LogP contribution in [0.1, 0.15) is 15.9 Å². The number of benzene rings is 2. The first kappa shape index (κ1) is 14.9. The number of hydrogen-bond acceptors (Lipinski definition) is 1. The van der Waals surface area contributed by atoms with Crippen LogP contribution >= 0.6 is 27.5 Å². The first-order chi connectivity index (χ1) is 9.38. The zero-order chi connectivity index (χ0) is 14.9. The molecule has 0 aromatic heterocycles. The number of aryl methyl sites for hydroxylation is 1. The number of amides is 1. The van der Waals surface area contributed by atoms with Crippen LogP contribution in [0.25, 0.3) is 0 Å². The summed E-state index contributed by atoms with van der Waals surface area (Å²) < 4.78 is 27.0. The number of carbonyl (C=O) groups is 1. The molecule has 6 heteroatoms. The molecule has 1 amide bonds. The number of halogens is 4. The van der Waals surface area contributed by atoms with Crippen molar-refractivity contribution in [3.05, 3.63) is 62.6 Å². The van der Waals surface area contributed by atoms with Gasteiger partial charge in [-0.3, -0.25) is 4.79 Å². The van der Waals surface area contributed by atoms with Gasteiger partial charge < -0.3 is 5.32 Å². The molecule has 0 aliphatic carbocycles. The van der Waals surface area contributed by atoms with E-state index in [1.165, 1.54) is 0 Å². The molecule has 0 bridgehead atoms. The van der Waals surface area contributed by atoms with Crippen molar-refractivity contribution in [2.75, 3.05) is 5.32 Å². The van der Waals surface area contributed by atoms with Crippen LogP contribution in [-0.2, 0) is 0 Å². The van der Waals surface area contributed by atoms with Crippen LogP contribution in [0.3, 0.4) is 0 Å². The first-order valence-corrected chi connectivity index (χ1v) is 6.77. The molecule has 0 unspecified atom stereocenters. The lowest BCUT2D eigenvalue weighted by atomic mass is 10.1. The predicted octanol–water partition coefficient (Wildman–Crippen LogP) is 4.94. The summed E-state index contributed by atoms with van der Waals surface area (Å²) in [5.74, 6) is -2.81. The highest BCUT2D eigenvalue weighted by atomic mass is 79.9. The van der Waals surface area contributed by atoms with Crippen molar-refractivity contribution in [1.29, 1.82) is 0 Å². The van der Waals surface area contributed by atoms with Crippen LogP contribution in [0.15, 0.2) is 34.8 Å². The molecule has 2 rings (SSSR count). The van der Waals surface area contributed by atoms with Crippen LogP contribution in [-0.4, -0.2) is 5.91 Å². The maximum atomic E-state index is 13.2. The number of hydrogen-bond donors (Lipinski definition) is 1. The molecule has 0 aliphatic rings. The topological polar surface area (TPSA) is 29.1 Å². The highest BCUT2D eigenvalue weighted by Gasteiger charge is 2.15. The second-order valence-electron chi connectivity index (χ2n) is 4.16. The van der Waals surface area contributed by atoms with Crippen molar-refractivity contribution in [1.82, 2.24) is 0 Å². The molecule has 0 saturated carbocycles. The van der Waals surface area contributed by atoms with Gasteiger partial charge in [0.2, 0.25) is 0 Å². The molecule has 0 radical (unpaired) electrons. The van der Waals surface area contributed by atoms with Crippen molar-refractivity contribution < 1.29 is 13.6 Å². The molecule has 0 heterocycles. The Balaban J connectivity index is 2.31. The Morgan fingerprint density at radius 3 is 2.50 bits per heavy atom. The maximum absolute atomic E-state index is 13.2. The van der Waals surface area contributed by atoms with E-state index in [2.05, 4.69) is 21.2 Å². The van der Waals surface area contributed by atoms with E-state index in [-0.39, 0.29) is 10.6 Å². The summed E-state index contributed by atoms with van der Waals surface area (Å²) in [6.45, 7) is 1.81. The van der Waals surface area contributed by atoms with E-state index in [4.69, 9.17) is 11.6 Å². The van der Waals surface area contributed by atoms with Gasteiger partial charge in [-0.25, -0.2) is 8.78 Å². The fourth-order valence-corrected chi connectivity index (χ4v) is 2.37. The van der Waals surface area contributed by atoms with Crippen LogP contribution in [0.4, 0.5) is 14.5 Å². The molecule has 0 spiro atoms. The Kier molecular flexibility index (Phi) is 4.40. The standard InChI is InChI=1S/C14H9BrClF2NO/c1-7-4-8(15)2-3-13(7)19-14(20)9-5-11(17)12(18)6-10(9)16/h2-6H,1H3,(H,19,20). The summed E-state index contributed by atoms with van der Waals surface area (Å²) in [6, 6.07) is 6.84. The Bertz CT molecular complexity index is 691. The van der Waals surface area contributed by atoms with Gasteiger partial charge in [0.05, 0.1) is 10.6 Å². The lowest BCUT2D eigenvalue weighted by molar-refractivity contribution is 0.102. The predicted molar refractivity (Wildman–Crippen MR) is 78.2 cm³/mol. The quantitative estimate of drug-likeness (QED) is 0.755. The number of carbonyl (C=O) groups excluding carboxylic acids is 1. The van der Waals surface area contributed by atoms with E-state index in [1.807, 2.05) is 13.0 Å². The summed E-state index contributed by atoms with van der Waals surface area (Å²) in [5.41, 5.74) is 1.28. The van der Waals surface area contributed by atoms with Gasteiger partial charge in [-0.05, 0) is 42.8 Å². The SMILES string of the molecule is Cc1cc(Br)ccc1NC(=O)c1cc(F)c(F)cc1Cl. The fourth-order valence-electron chi connectivity index (χ4n) is 1.65. The second-order valence-corrected chi connectivity index (χ2v) is 5.48. The summed E-state index contributed by atoms with van der Waals surface area (Å²) in [5, 5.41) is 2.47. The van der Waals surface area contributed by atoms with Gasteiger partial charge in [0.1, 0.15) is 0 Å². The lowest BCUT2D eigenvalue weighted by Crippen LogP contribution is -2.14. The van der Waals surface area contributed by atoms with E-state index in [9.17, 15) is 13.6 Å². The normalized spacial score (nSPS) is 10.4. The Hall–Kier alpha value is -1.46. The molecular weight excluding hydrogens is 352 g/mol. The van der Waals surface area contributed by atoms with Crippen molar-refractivity contribution in [3.63, 3.8) is 0 Å². The zero-order valence-electron chi connectivity index (χ0n) is 10.3. The molecule has 104 valence electrons.